The van der Waals surface area contributed by atoms with E-state index >= 15 is 0 Å². The number of fused-ring (bicyclic) bond motifs is 1. The Kier molecular flexibility index (Phi) is 5.24. The Morgan fingerprint density at radius 2 is 2.04 bits per heavy atom. The van der Waals surface area contributed by atoms with E-state index in [0.29, 0.717) is 6.04 Å². The van der Waals surface area contributed by atoms with Gasteiger partial charge in [-0.2, -0.15) is 0 Å². The fraction of sp³-hybridized carbons (Fsp3) is 0.579. The van der Waals surface area contributed by atoms with Crippen molar-refractivity contribution in [2.24, 2.45) is 0 Å². The maximum Gasteiger partial charge on any atom is 0.225 e. The standard InChI is InChI=1S/C19H27N7/c1-2-17-24-16-7-11-20-10-6-15(16)18(25-17)23-14-5-3-12-26(13-14)19-21-8-4-9-22-19/h4,8-9,14,20H,2-3,5-7,10-13H2,1H3,(H,23,24,25)/t14-/m0/s1. The maximum absolute atomic E-state index is 4.84. The van der Waals surface area contributed by atoms with Crippen molar-refractivity contribution >= 4 is 11.8 Å². The van der Waals surface area contributed by atoms with E-state index in [0.717, 1.165) is 75.9 Å². The Morgan fingerprint density at radius 1 is 1.19 bits per heavy atom. The van der Waals surface area contributed by atoms with E-state index in [-0.39, 0.29) is 0 Å². The molecule has 2 aromatic rings. The summed E-state index contributed by atoms with van der Waals surface area (Å²) in [5, 5.41) is 7.21. The molecule has 0 spiro atoms. The monoisotopic (exact) mass is 353 g/mol. The highest BCUT2D eigenvalue weighted by molar-refractivity contribution is 5.49. The average molecular weight is 353 g/mol. The number of hydrogen-bond acceptors (Lipinski definition) is 7. The van der Waals surface area contributed by atoms with Crippen LogP contribution in [-0.2, 0) is 19.3 Å². The molecule has 138 valence electrons. The van der Waals surface area contributed by atoms with Crippen LogP contribution in [0.3, 0.4) is 0 Å². The van der Waals surface area contributed by atoms with E-state index in [9.17, 15) is 0 Å². The molecule has 4 rings (SSSR count). The largest absolute Gasteiger partial charge is 0.365 e. The summed E-state index contributed by atoms with van der Waals surface area (Å²) in [5.74, 6) is 2.79. The maximum atomic E-state index is 4.84. The van der Waals surface area contributed by atoms with Crippen LogP contribution in [0.2, 0.25) is 0 Å². The Labute approximate surface area is 154 Å². The number of aromatic nitrogens is 4. The van der Waals surface area contributed by atoms with Crippen LogP contribution in [0, 0.1) is 0 Å². The van der Waals surface area contributed by atoms with Gasteiger partial charge in [0.15, 0.2) is 0 Å². The van der Waals surface area contributed by atoms with Crippen molar-refractivity contribution in [3.05, 3.63) is 35.5 Å². The van der Waals surface area contributed by atoms with Crippen LogP contribution in [0.5, 0.6) is 0 Å². The second-order valence-electron chi connectivity index (χ2n) is 7.00. The number of piperidine rings is 1. The van der Waals surface area contributed by atoms with Gasteiger partial charge in [-0.25, -0.2) is 19.9 Å². The van der Waals surface area contributed by atoms with Crippen molar-refractivity contribution in [2.45, 2.75) is 45.1 Å². The van der Waals surface area contributed by atoms with Crippen LogP contribution in [-0.4, -0.2) is 52.2 Å². The first-order valence-electron chi connectivity index (χ1n) is 9.71. The van der Waals surface area contributed by atoms with Gasteiger partial charge in [0.25, 0.3) is 0 Å². The van der Waals surface area contributed by atoms with Gasteiger partial charge >= 0.3 is 0 Å². The molecule has 2 N–H and O–H groups in total. The zero-order valence-corrected chi connectivity index (χ0v) is 15.4. The van der Waals surface area contributed by atoms with E-state index < -0.39 is 0 Å². The van der Waals surface area contributed by atoms with Gasteiger partial charge in [0, 0.05) is 56.5 Å². The highest BCUT2D eigenvalue weighted by atomic mass is 15.3. The molecule has 0 aromatic carbocycles. The molecule has 2 aliphatic rings. The summed E-state index contributed by atoms with van der Waals surface area (Å²) in [7, 11) is 0. The lowest BCUT2D eigenvalue weighted by molar-refractivity contribution is 0.521. The van der Waals surface area contributed by atoms with Crippen molar-refractivity contribution in [3.63, 3.8) is 0 Å². The second-order valence-corrected chi connectivity index (χ2v) is 7.00. The Balaban J connectivity index is 1.54. The van der Waals surface area contributed by atoms with E-state index in [2.05, 4.69) is 32.4 Å². The predicted octanol–water partition coefficient (Wildman–Crippen LogP) is 1.60. The molecule has 4 heterocycles. The van der Waals surface area contributed by atoms with Crippen LogP contribution < -0.4 is 15.5 Å². The van der Waals surface area contributed by atoms with Crippen LogP contribution >= 0.6 is 0 Å². The summed E-state index contributed by atoms with van der Waals surface area (Å²) >= 11 is 0. The Hall–Kier alpha value is -2.28. The number of aryl methyl sites for hydroxylation is 1. The average Bonchev–Trinajstić information content (AvgIpc) is 2.94. The molecule has 0 bridgehead atoms. The van der Waals surface area contributed by atoms with Crippen molar-refractivity contribution in [1.82, 2.24) is 25.3 Å². The molecule has 0 saturated carbocycles. The summed E-state index contributed by atoms with van der Waals surface area (Å²) in [6, 6.07) is 2.21. The second kappa shape index (κ2) is 7.95. The number of nitrogens with one attached hydrogen (secondary N) is 2. The first kappa shape index (κ1) is 17.1. The summed E-state index contributed by atoms with van der Waals surface area (Å²) in [6.07, 6.45) is 8.72. The minimum atomic E-state index is 0.354. The van der Waals surface area contributed by atoms with Gasteiger partial charge in [-0.3, -0.25) is 0 Å². The molecule has 0 unspecified atom stereocenters. The van der Waals surface area contributed by atoms with Gasteiger partial charge in [0.1, 0.15) is 11.6 Å². The summed E-state index contributed by atoms with van der Waals surface area (Å²) in [6.45, 7) is 6.02. The molecule has 0 radical (unpaired) electrons. The van der Waals surface area contributed by atoms with Gasteiger partial charge in [-0.1, -0.05) is 6.92 Å². The number of anilines is 2. The smallest absolute Gasteiger partial charge is 0.225 e. The third-order valence-corrected chi connectivity index (χ3v) is 5.14. The topological polar surface area (TPSA) is 78.9 Å². The van der Waals surface area contributed by atoms with Crippen molar-refractivity contribution in [2.75, 3.05) is 36.4 Å². The van der Waals surface area contributed by atoms with E-state index in [1.807, 2.05) is 18.5 Å². The normalized spacial score (nSPS) is 20.3. The quantitative estimate of drug-likeness (QED) is 0.864. The molecule has 0 amide bonds. The van der Waals surface area contributed by atoms with E-state index in [4.69, 9.17) is 9.97 Å². The van der Waals surface area contributed by atoms with E-state index in [1.165, 1.54) is 11.3 Å². The lowest BCUT2D eigenvalue weighted by atomic mass is 10.0. The lowest BCUT2D eigenvalue weighted by Gasteiger charge is -2.33. The zero-order chi connectivity index (χ0) is 17.8. The Bertz CT molecular complexity index is 734. The molecule has 1 saturated heterocycles. The van der Waals surface area contributed by atoms with Crippen LogP contribution in [0.4, 0.5) is 11.8 Å². The Morgan fingerprint density at radius 3 is 2.88 bits per heavy atom. The number of rotatable bonds is 4. The molecule has 0 aliphatic carbocycles. The molecule has 2 aliphatic heterocycles. The fourth-order valence-corrected chi connectivity index (χ4v) is 3.80. The lowest BCUT2D eigenvalue weighted by Crippen LogP contribution is -2.43. The molecule has 7 heteroatoms. The summed E-state index contributed by atoms with van der Waals surface area (Å²) in [4.78, 5) is 20.7. The SMILES string of the molecule is CCc1nc2c(c(N[C@H]3CCCN(c4ncccn4)C3)n1)CCNCC2. The van der Waals surface area contributed by atoms with Crippen molar-refractivity contribution in [1.29, 1.82) is 0 Å². The van der Waals surface area contributed by atoms with Gasteiger partial charge < -0.3 is 15.5 Å². The van der Waals surface area contributed by atoms with Crippen molar-refractivity contribution < 1.29 is 0 Å². The third kappa shape index (κ3) is 3.77. The zero-order valence-electron chi connectivity index (χ0n) is 15.4. The van der Waals surface area contributed by atoms with Gasteiger partial charge in [0.05, 0.1) is 5.69 Å². The van der Waals surface area contributed by atoms with Crippen LogP contribution in [0.25, 0.3) is 0 Å². The predicted molar refractivity (Wildman–Crippen MR) is 103 cm³/mol. The molecule has 1 atom stereocenters. The first-order chi connectivity index (χ1) is 12.8. The highest BCUT2D eigenvalue weighted by Crippen LogP contribution is 2.24. The number of hydrogen-bond donors (Lipinski definition) is 2. The minimum Gasteiger partial charge on any atom is -0.365 e. The molecule has 2 aromatic heterocycles. The van der Waals surface area contributed by atoms with Crippen LogP contribution in [0.1, 0.15) is 36.8 Å². The molecular weight excluding hydrogens is 326 g/mol. The number of nitrogens with zero attached hydrogens (tertiary/aromatic N) is 5. The molecule has 26 heavy (non-hydrogen) atoms. The van der Waals surface area contributed by atoms with E-state index in [1.54, 1.807) is 0 Å². The highest BCUT2D eigenvalue weighted by Gasteiger charge is 2.24. The van der Waals surface area contributed by atoms with Gasteiger partial charge in [0.2, 0.25) is 5.95 Å². The first-order valence-corrected chi connectivity index (χ1v) is 9.71. The third-order valence-electron chi connectivity index (χ3n) is 5.14. The molecular formula is C19H27N7. The van der Waals surface area contributed by atoms with Crippen molar-refractivity contribution in [3.8, 4) is 0 Å². The summed E-state index contributed by atoms with van der Waals surface area (Å²) < 4.78 is 0. The van der Waals surface area contributed by atoms with Gasteiger partial charge in [-0.15, -0.1) is 0 Å². The molecule has 1 fully saturated rings. The minimum absolute atomic E-state index is 0.354. The summed E-state index contributed by atoms with van der Waals surface area (Å²) in [5.41, 5.74) is 2.50. The van der Waals surface area contributed by atoms with Crippen LogP contribution in [0.15, 0.2) is 18.5 Å². The van der Waals surface area contributed by atoms with Gasteiger partial charge in [-0.05, 0) is 31.9 Å². The fourth-order valence-electron chi connectivity index (χ4n) is 3.80. The molecule has 7 nitrogen and oxygen atoms in total.